The second-order valence-corrected chi connectivity index (χ2v) is 8.51. The van der Waals surface area contributed by atoms with Crippen LogP contribution in [-0.4, -0.2) is 55.3 Å². The number of carbonyl (C=O) groups excluding carboxylic acids is 2. The van der Waals surface area contributed by atoms with Gasteiger partial charge in [-0.1, -0.05) is 36.4 Å². The summed E-state index contributed by atoms with van der Waals surface area (Å²) < 4.78 is 21.8. The molecule has 0 spiro atoms. The Labute approximate surface area is 210 Å². The second-order valence-electron chi connectivity index (χ2n) is 8.51. The molecule has 0 fully saturated rings. The Morgan fingerprint density at radius 1 is 0.944 bits per heavy atom. The number of amides is 3. The average Bonchev–Trinajstić information content (AvgIpc) is 3.53. The minimum absolute atomic E-state index is 0.103. The lowest BCUT2D eigenvalue weighted by Gasteiger charge is -2.27. The Morgan fingerprint density at radius 3 is 2.50 bits per heavy atom. The van der Waals surface area contributed by atoms with Gasteiger partial charge in [-0.2, -0.15) is 0 Å². The highest BCUT2D eigenvalue weighted by Gasteiger charge is 2.23. The zero-order chi connectivity index (χ0) is 25.3. The van der Waals surface area contributed by atoms with Crippen molar-refractivity contribution in [3.63, 3.8) is 0 Å². The summed E-state index contributed by atoms with van der Waals surface area (Å²) in [6.07, 6.45) is 0. The van der Waals surface area contributed by atoms with Gasteiger partial charge in [0.25, 0.3) is 0 Å². The number of fused-ring (bicyclic) bond motifs is 1. The highest BCUT2D eigenvalue weighted by Crippen LogP contribution is 2.33. The molecule has 0 atom stereocenters. The summed E-state index contributed by atoms with van der Waals surface area (Å²) in [5.41, 5.74) is 1.86. The lowest BCUT2D eigenvalue weighted by Crippen LogP contribution is -2.47. The highest BCUT2D eigenvalue weighted by atomic mass is 16.7. The normalized spacial score (nSPS) is 11.8. The van der Waals surface area contributed by atoms with E-state index in [-0.39, 0.29) is 38.4 Å². The molecule has 1 aliphatic rings. The predicted octanol–water partition coefficient (Wildman–Crippen LogP) is 3.70. The Hall–Kier alpha value is -3.98. The van der Waals surface area contributed by atoms with E-state index in [1.165, 1.54) is 4.90 Å². The van der Waals surface area contributed by atoms with Crippen LogP contribution in [-0.2, 0) is 29.2 Å². The van der Waals surface area contributed by atoms with Gasteiger partial charge in [0.15, 0.2) is 11.5 Å². The van der Waals surface area contributed by atoms with Crippen molar-refractivity contribution in [1.29, 1.82) is 0 Å². The second kappa shape index (κ2) is 12.1. The van der Waals surface area contributed by atoms with Crippen molar-refractivity contribution in [2.24, 2.45) is 0 Å². The zero-order valence-electron chi connectivity index (χ0n) is 20.6. The Balaban J connectivity index is 1.47. The summed E-state index contributed by atoms with van der Waals surface area (Å²) in [5, 5.41) is 2.89. The van der Waals surface area contributed by atoms with Crippen LogP contribution in [0.5, 0.6) is 11.5 Å². The molecule has 2 aromatic carbocycles. The van der Waals surface area contributed by atoms with E-state index in [0.29, 0.717) is 37.0 Å². The highest BCUT2D eigenvalue weighted by molar-refractivity contribution is 5.84. The molecule has 1 aliphatic heterocycles. The monoisotopic (exact) mass is 493 g/mol. The molecule has 4 rings (SSSR count). The number of benzene rings is 2. The third-order valence-corrected chi connectivity index (χ3v) is 5.77. The van der Waals surface area contributed by atoms with Gasteiger partial charge in [-0.25, -0.2) is 4.79 Å². The molecule has 0 saturated carbocycles. The van der Waals surface area contributed by atoms with Crippen LogP contribution in [0.2, 0.25) is 0 Å². The molecule has 36 heavy (non-hydrogen) atoms. The third kappa shape index (κ3) is 6.79. The summed E-state index contributed by atoms with van der Waals surface area (Å²) in [5.74, 6) is 2.55. The summed E-state index contributed by atoms with van der Waals surface area (Å²) in [4.78, 5) is 29.6. The van der Waals surface area contributed by atoms with E-state index in [9.17, 15) is 9.59 Å². The topological polar surface area (TPSA) is 93.5 Å². The molecule has 0 saturated heterocycles. The number of methoxy groups -OCH3 is 1. The smallest absolute Gasteiger partial charge is 0.318 e. The number of hydrogen-bond acceptors (Lipinski definition) is 6. The van der Waals surface area contributed by atoms with E-state index in [4.69, 9.17) is 18.6 Å². The number of rotatable bonds is 11. The fourth-order valence-electron chi connectivity index (χ4n) is 3.85. The van der Waals surface area contributed by atoms with Gasteiger partial charge in [-0.05, 0) is 42.3 Å². The maximum Gasteiger partial charge on any atom is 0.318 e. The SMILES string of the molecule is COCCN(CC(=O)N(Cc1ccc2c(c1)OCO2)Cc1ccc(C)o1)C(=O)NCc1ccccc1. The van der Waals surface area contributed by atoms with E-state index in [0.717, 1.165) is 16.9 Å². The molecule has 1 N–H and O–H groups in total. The van der Waals surface area contributed by atoms with E-state index in [2.05, 4.69) is 5.32 Å². The molecule has 0 radical (unpaired) electrons. The molecular formula is C27H31N3O6. The molecule has 190 valence electrons. The van der Waals surface area contributed by atoms with Crippen LogP contribution in [0.4, 0.5) is 4.79 Å². The van der Waals surface area contributed by atoms with Gasteiger partial charge >= 0.3 is 6.03 Å². The van der Waals surface area contributed by atoms with Gasteiger partial charge in [0.2, 0.25) is 12.7 Å². The average molecular weight is 494 g/mol. The number of hydrogen-bond donors (Lipinski definition) is 1. The minimum Gasteiger partial charge on any atom is -0.464 e. The largest absolute Gasteiger partial charge is 0.464 e. The van der Waals surface area contributed by atoms with Crippen molar-refractivity contribution in [1.82, 2.24) is 15.1 Å². The van der Waals surface area contributed by atoms with E-state index in [1.807, 2.05) is 67.6 Å². The minimum atomic E-state index is -0.332. The quantitative estimate of drug-likeness (QED) is 0.438. The summed E-state index contributed by atoms with van der Waals surface area (Å²) in [6, 6.07) is 18.6. The lowest BCUT2D eigenvalue weighted by atomic mass is 10.2. The van der Waals surface area contributed by atoms with E-state index in [1.54, 1.807) is 12.0 Å². The van der Waals surface area contributed by atoms with Crippen LogP contribution < -0.4 is 14.8 Å². The standard InChI is InChI=1S/C27H31N3O6/c1-20-8-10-23(36-20)17-30(16-22-9-11-24-25(14-22)35-19-34-24)26(31)18-29(12-13-33-2)27(32)28-15-21-6-4-3-5-7-21/h3-11,14H,12-13,15-19H2,1-2H3,(H,28,32). The maximum absolute atomic E-state index is 13.5. The van der Waals surface area contributed by atoms with Crippen molar-refractivity contribution in [2.75, 3.05) is 33.6 Å². The molecule has 1 aromatic heterocycles. The lowest BCUT2D eigenvalue weighted by molar-refractivity contribution is -0.133. The molecule has 0 aliphatic carbocycles. The van der Waals surface area contributed by atoms with Crippen molar-refractivity contribution in [2.45, 2.75) is 26.6 Å². The molecule has 3 amide bonds. The summed E-state index contributed by atoms with van der Waals surface area (Å²) in [7, 11) is 1.56. The first kappa shape index (κ1) is 25.1. The van der Waals surface area contributed by atoms with Crippen LogP contribution in [0.15, 0.2) is 65.1 Å². The van der Waals surface area contributed by atoms with E-state index >= 15 is 0 Å². The summed E-state index contributed by atoms with van der Waals surface area (Å²) in [6.45, 7) is 3.48. The first-order valence-corrected chi connectivity index (χ1v) is 11.8. The molecule has 0 bridgehead atoms. The van der Waals surface area contributed by atoms with Crippen molar-refractivity contribution in [3.05, 3.63) is 83.3 Å². The van der Waals surface area contributed by atoms with Crippen molar-refractivity contribution in [3.8, 4) is 11.5 Å². The Morgan fingerprint density at radius 2 is 1.75 bits per heavy atom. The molecule has 2 heterocycles. The Bertz CT molecular complexity index is 1160. The van der Waals surface area contributed by atoms with Gasteiger partial charge in [0.1, 0.15) is 18.1 Å². The van der Waals surface area contributed by atoms with Crippen molar-refractivity contribution >= 4 is 11.9 Å². The number of aryl methyl sites for hydroxylation is 1. The number of nitrogens with zero attached hydrogens (tertiary/aromatic N) is 2. The molecule has 3 aromatic rings. The number of ether oxygens (including phenoxy) is 3. The molecule has 0 unspecified atom stereocenters. The predicted molar refractivity (Wildman–Crippen MR) is 132 cm³/mol. The molecule has 9 heteroatoms. The number of nitrogens with one attached hydrogen (secondary N) is 1. The van der Waals surface area contributed by atoms with Crippen LogP contribution >= 0.6 is 0 Å². The number of furan rings is 1. The van der Waals surface area contributed by atoms with Gasteiger partial charge < -0.3 is 33.7 Å². The first-order valence-electron chi connectivity index (χ1n) is 11.8. The van der Waals surface area contributed by atoms with Crippen LogP contribution in [0.25, 0.3) is 0 Å². The first-order chi connectivity index (χ1) is 17.5. The maximum atomic E-state index is 13.5. The van der Waals surface area contributed by atoms with Gasteiger partial charge in [-0.3, -0.25) is 4.79 Å². The van der Waals surface area contributed by atoms with Crippen molar-refractivity contribution < 1.29 is 28.2 Å². The zero-order valence-corrected chi connectivity index (χ0v) is 20.6. The summed E-state index contributed by atoms with van der Waals surface area (Å²) >= 11 is 0. The Kier molecular flexibility index (Phi) is 8.46. The number of urea groups is 1. The van der Waals surface area contributed by atoms with Gasteiger partial charge in [-0.15, -0.1) is 0 Å². The van der Waals surface area contributed by atoms with Crippen LogP contribution in [0.3, 0.4) is 0 Å². The van der Waals surface area contributed by atoms with Crippen LogP contribution in [0.1, 0.15) is 22.6 Å². The van der Waals surface area contributed by atoms with Gasteiger partial charge in [0.05, 0.1) is 13.2 Å². The fraction of sp³-hybridized carbons (Fsp3) is 0.333. The molecule has 9 nitrogen and oxygen atoms in total. The van der Waals surface area contributed by atoms with E-state index < -0.39 is 0 Å². The van der Waals surface area contributed by atoms with Crippen LogP contribution in [0, 0.1) is 6.92 Å². The van der Waals surface area contributed by atoms with Gasteiger partial charge in [0, 0.05) is 26.7 Å². The third-order valence-electron chi connectivity index (χ3n) is 5.77. The molecular weight excluding hydrogens is 462 g/mol. The fourth-order valence-corrected chi connectivity index (χ4v) is 3.85. The number of carbonyl (C=O) groups is 2.